The molecule has 1 atom stereocenters. The fourth-order valence-corrected chi connectivity index (χ4v) is 5.52. The Morgan fingerprint density at radius 3 is 2.16 bits per heavy atom. The zero-order valence-corrected chi connectivity index (χ0v) is 27.2. The molecule has 14 heteroatoms. The van der Waals surface area contributed by atoms with Gasteiger partial charge < -0.3 is 19.9 Å². The molecule has 0 bridgehead atoms. The number of benzene rings is 3. The van der Waals surface area contributed by atoms with E-state index in [4.69, 9.17) is 9.47 Å². The van der Waals surface area contributed by atoms with Crippen molar-refractivity contribution in [3.05, 3.63) is 119 Å². The second-order valence-corrected chi connectivity index (χ2v) is 12.1. The normalized spacial score (nSPS) is 16.8. The van der Waals surface area contributed by atoms with E-state index in [9.17, 15) is 41.0 Å². The number of aromatic nitrogens is 1. The van der Waals surface area contributed by atoms with Crippen LogP contribution in [-0.2, 0) is 35.5 Å². The quantitative estimate of drug-likeness (QED) is 0.122. The van der Waals surface area contributed by atoms with Gasteiger partial charge in [-0.1, -0.05) is 61.4 Å². The molecule has 1 unspecified atom stereocenters. The highest BCUT2D eigenvalue weighted by Gasteiger charge is 2.71. The van der Waals surface area contributed by atoms with E-state index in [-0.39, 0.29) is 35.7 Å². The number of halogens is 6. The number of nitrogens with zero attached hydrogens (tertiary/aromatic N) is 2. The lowest BCUT2D eigenvalue weighted by Gasteiger charge is -2.33. The molecule has 3 amide bonds. The first-order valence-corrected chi connectivity index (χ1v) is 15.5. The number of imide groups is 1. The molecule has 8 nitrogen and oxygen atoms in total. The van der Waals surface area contributed by atoms with Crippen molar-refractivity contribution in [3.8, 4) is 17.2 Å². The molecule has 264 valence electrons. The number of aliphatic hydroxyl groups is 1. The Kier molecular flexibility index (Phi) is 9.88. The van der Waals surface area contributed by atoms with E-state index >= 15 is 0 Å². The van der Waals surface area contributed by atoms with Crippen molar-refractivity contribution in [1.82, 2.24) is 15.2 Å². The van der Waals surface area contributed by atoms with Crippen LogP contribution >= 0.6 is 0 Å². The number of pyridine rings is 1. The largest absolute Gasteiger partial charge is 0.489 e. The van der Waals surface area contributed by atoms with Crippen molar-refractivity contribution in [2.24, 2.45) is 0 Å². The molecule has 4 aromatic rings. The summed E-state index contributed by atoms with van der Waals surface area (Å²) >= 11 is 0. The van der Waals surface area contributed by atoms with Gasteiger partial charge in [-0.25, -0.2) is 4.79 Å². The van der Waals surface area contributed by atoms with Crippen LogP contribution < -0.4 is 14.8 Å². The molecule has 1 aliphatic rings. The fraction of sp³-hybridized carbons (Fsp3) is 0.306. The third kappa shape index (κ3) is 7.11. The first kappa shape index (κ1) is 36.2. The van der Waals surface area contributed by atoms with Gasteiger partial charge in [-0.3, -0.25) is 14.7 Å². The van der Waals surface area contributed by atoms with Crippen LogP contribution in [0.1, 0.15) is 53.8 Å². The molecule has 5 rings (SSSR count). The highest BCUT2D eigenvalue weighted by Crippen LogP contribution is 2.50. The maximum Gasteiger partial charge on any atom is 0.430 e. The van der Waals surface area contributed by atoms with E-state index in [2.05, 4.69) is 10.3 Å². The summed E-state index contributed by atoms with van der Waals surface area (Å²) in [7, 11) is 0. The molecule has 0 spiro atoms. The lowest BCUT2D eigenvalue weighted by Crippen LogP contribution is -2.53. The Morgan fingerprint density at radius 2 is 1.54 bits per heavy atom. The van der Waals surface area contributed by atoms with E-state index in [1.807, 2.05) is 31.2 Å². The third-order valence-corrected chi connectivity index (χ3v) is 8.39. The molecule has 0 radical (unpaired) electrons. The molecule has 1 fully saturated rings. The van der Waals surface area contributed by atoms with Gasteiger partial charge >= 0.3 is 18.4 Å². The van der Waals surface area contributed by atoms with Gasteiger partial charge in [-0.15, -0.1) is 0 Å². The van der Waals surface area contributed by atoms with Crippen LogP contribution in [0, 0.1) is 6.92 Å². The number of hydrogen-bond acceptors (Lipinski definition) is 6. The standard InChI is InChI=1S/C36H33F6N3O5/c1-4-5-24-18-26(34(48,35(37,38)39)36(40,41)42)12-15-30(24)50-29-16-17-43-27(19-29)20-45-31(46)33(3,44-32(45)47)25-10-13-28(14-11-25)49-21-23-8-6-22(2)7-9-23/h6-19,48H,4-5,20-21H2,1-3H3,(H,44,47). The van der Waals surface area contributed by atoms with Gasteiger partial charge in [0.15, 0.2) is 0 Å². The predicted octanol–water partition coefficient (Wildman–Crippen LogP) is 7.99. The zero-order valence-electron chi connectivity index (χ0n) is 27.2. The predicted molar refractivity (Wildman–Crippen MR) is 169 cm³/mol. The number of nitrogens with one attached hydrogen (secondary N) is 1. The summed E-state index contributed by atoms with van der Waals surface area (Å²) in [5, 5.41) is 12.6. The summed E-state index contributed by atoms with van der Waals surface area (Å²) in [4.78, 5) is 31.8. The lowest BCUT2D eigenvalue weighted by molar-refractivity contribution is -0.376. The highest BCUT2D eigenvalue weighted by atomic mass is 19.4. The van der Waals surface area contributed by atoms with Gasteiger partial charge in [0, 0.05) is 17.8 Å². The minimum absolute atomic E-state index is 0.00767. The summed E-state index contributed by atoms with van der Waals surface area (Å²) in [5.41, 5.74) is -5.03. The van der Waals surface area contributed by atoms with Crippen molar-refractivity contribution >= 4 is 11.9 Å². The van der Waals surface area contributed by atoms with Gasteiger partial charge in [-0.05, 0) is 67.3 Å². The van der Waals surface area contributed by atoms with Crippen LogP contribution in [-0.4, -0.2) is 39.3 Å². The highest BCUT2D eigenvalue weighted by molar-refractivity contribution is 6.07. The molecular formula is C36H33F6N3O5. The van der Waals surface area contributed by atoms with E-state index < -0.39 is 41.0 Å². The van der Waals surface area contributed by atoms with Gasteiger partial charge in [0.2, 0.25) is 0 Å². The number of alkyl halides is 6. The van der Waals surface area contributed by atoms with Gasteiger partial charge in [-0.2, -0.15) is 26.3 Å². The first-order chi connectivity index (χ1) is 23.5. The first-order valence-electron chi connectivity index (χ1n) is 15.5. The molecule has 1 aromatic heterocycles. The van der Waals surface area contributed by atoms with E-state index in [1.54, 1.807) is 38.1 Å². The molecule has 3 aromatic carbocycles. The molecule has 2 N–H and O–H groups in total. The van der Waals surface area contributed by atoms with Crippen LogP contribution in [0.25, 0.3) is 0 Å². The Labute approximate surface area is 283 Å². The number of hydrogen-bond donors (Lipinski definition) is 2. The smallest absolute Gasteiger partial charge is 0.430 e. The Morgan fingerprint density at radius 1 is 0.880 bits per heavy atom. The number of ether oxygens (including phenoxy) is 2. The molecule has 0 saturated carbocycles. The molecular weight excluding hydrogens is 668 g/mol. The SMILES string of the molecule is CCCc1cc(C(O)(C(F)(F)F)C(F)(F)F)ccc1Oc1ccnc(CN2C(=O)NC(C)(c3ccc(OCc4ccc(C)cc4)cc3)C2=O)c1. The van der Waals surface area contributed by atoms with Crippen molar-refractivity contribution in [2.75, 3.05) is 0 Å². The Bertz CT molecular complexity index is 1850. The maximum atomic E-state index is 13.6. The Hall–Kier alpha value is -5.11. The second-order valence-electron chi connectivity index (χ2n) is 12.1. The van der Waals surface area contributed by atoms with Gasteiger partial charge in [0.25, 0.3) is 11.5 Å². The average molecular weight is 702 g/mol. The zero-order chi connectivity index (χ0) is 36.5. The monoisotopic (exact) mass is 701 g/mol. The summed E-state index contributed by atoms with van der Waals surface area (Å²) in [6.07, 6.45) is -10.4. The molecule has 2 heterocycles. The summed E-state index contributed by atoms with van der Waals surface area (Å²) < 4.78 is 92.7. The average Bonchev–Trinajstić information content (AvgIpc) is 3.28. The topological polar surface area (TPSA) is 101 Å². The number of carbonyl (C=O) groups is 2. The number of aryl methyl sites for hydroxylation is 2. The van der Waals surface area contributed by atoms with Gasteiger partial charge in [0.1, 0.15) is 29.4 Å². The minimum Gasteiger partial charge on any atom is -0.489 e. The fourth-order valence-electron chi connectivity index (χ4n) is 5.52. The van der Waals surface area contributed by atoms with Crippen molar-refractivity contribution in [1.29, 1.82) is 0 Å². The molecule has 1 aliphatic heterocycles. The van der Waals surface area contributed by atoms with E-state index in [0.29, 0.717) is 36.5 Å². The van der Waals surface area contributed by atoms with Crippen LogP contribution in [0.5, 0.6) is 17.2 Å². The molecule has 50 heavy (non-hydrogen) atoms. The number of rotatable bonds is 11. The van der Waals surface area contributed by atoms with E-state index in [0.717, 1.165) is 22.1 Å². The van der Waals surface area contributed by atoms with Crippen LogP contribution in [0.2, 0.25) is 0 Å². The summed E-state index contributed by atoms with van der Waals surface area (Å²) in [5.74, 6) is 0.0682. The van der Waals surface area contributed by atoms with Gasteiger partial charge in [0.05, 0.1) is 12.2 Å². The van der Waals surface area contributed by atoms with Crippen LogP contribution in [0.4, 0.5) is 31.1 Å². The number of urea groups is 1. The second kappa shape index (κ2) is 13.7. The third-order valence-electron chi connectivity index (χ3n) is 8.39. The van der Waals surface area contributed by atoms with Crippen LogP contribution in [0.3, 0.4) is 0 Å². The summed E-state index contributed by atoms with van der Waals surface area (Å²) in [6, 6.07) is 18.8. The minimum atomic E-state index is -6.04. The molecule has 0 aliphatic carbocycles. The number of amides is 3. The van der Waals surface area contributed by atoms with Crippen LogP contribution in [0.15, 0.2) is 85.1 Å². The Balaban J connectivity index is 1.30. The maximum absolute atomic E-state index is 13.6. The van der Waals surface area contributed by atoms with Crippen molar-refractivity contribution < 1.29 is 50.5 Å². The van der Waals surface area contributed by atoms with Crippen molar-refractivity contribution in [3.63, 3.8) is 0 Å². The van der Waals surface area contributed by atoms with E-state index in [1.165, 1.54) is 18.3 Å². The summed E-state index contributed by atoms with van der Waals surface area (Å²) in [6.45, 7) is 5.31. The molecule has 1 saturated heterocycles. The number of carbonyl (C=O) groups excluding carboxylic acids is 2. The lowest BCUT2D eigenvalue weighted by atomic mass is 9.90. The van der Waals surface area contributed by atoms with Crippen molar-refractivity contribution in [2.45, 2.75) is 70.3 Å².